The van der Waals surface area contributed by atoms with Gasteiger partial charge in [-0.1, -0.05) is 29.8 Å². The Labute approximate surface area is 133 Å². The van der Waals surface area contributed by atoms with Crippen molar-refractivity contribution >= 4 is 34.4 Å². The first kappa shape index (κ1) is 14.4. The Morgan fingerprint density at radius 1 is 1.10 bits per heavy atom. The zero-order valence-electron chi connectivity index (χ0n) is 11.8. The van der Waals surface area contributed by atoms with Gasteiger partial charge in [0.05, 0.1) is 11.4 Å². The van der Waals surface area contributed by atoms with Gasteiger partial charge < -0.3 is 4.57 Å². The summed E-state index contributed by atoms with van der Waals surface area (Å²) in [5.41, 5.74) is 2.70. The van der Waals surface area contributed by atoms with Gasteiger partial charge in [0.2, 0.25) is 0 Å². The molecule has 2 aromatic heterocycles. The number of nitrogens with zero attached hydrogens (tertiary/aromatic N) is 3. The number of halogens is 2. The highest BCUT2D eigenvalue weighted by Crippen LogP contribution is 2.32. The number of alkyl halides is 1. The predicted octanol–water partition coefficient (Wildman–Crippen LogP) is 4.99. The van der Waals surface area contributed by atoms with Crippen LogP contribution in [-0.2, 0) is 0 Å². The molecule has 3 aromatic rings. The van der Waals surface area contributed by atoms with Crippen molar-refractivity contribution in [1.82, 2.24) is 14.5 Å². The van der Waals surface area contributed by atoms with E-state index in [0.717, 1.165) is 27.6 Å². The van der Waals surface area contributed by atoms with E-state index in [1.54, 1.807) is 6.20 Å². The lowest BCUT2D eigenvalue weighted by Crippen LogP contribution is -2.12. The molecule has 0 saturated carbocycles. The van der Waals surface area contributed by atoms with E-state index in [4.69, 9.17) is 23.2 Å². The summed E-state index contributed by atoms with van der Waals surface area (Å²) in [6, 6.07) is 11.6. The molecule has 0 amide bonds. The van der Waals surface area contributed by atoms with Gasteiger partial charge in [-0.3, -0.25) is 0 Å². The van der Waals surface area contributed by atoms with E-state index in [0.29, 0.717) is 0 Å². The minimum Gasteiger partial charge on any atom is -0.304 e. The monoisotopic (exact) mass is 319 g/mol. The van der Waals surface area contributed by atoms with Gasteiger partial charge in [0.25, 0.3) is 0 Å². The maximum absolute atomic E-state index is 6.33. The molecule has 0 N–H and O–H groups in total. The molecule has 2 heterocycles. The number of fused-ring (bicyclic) bond motifs is 1. The second kappa shape index (κ2) is 5.66. The highest BCUT2D eigenvalue weighted by atomic mass is 35.5. The van der Waals surface area contributed by atoms with Crippen molar-refractivity contribution in [2.45, 2.75) is 25.3 Å². The summed E-state index contributed by atoms with van der Waals surface area (Å²) in [7, 11) is 0. The van der Waals surface area contributed by atoms with Crippen LogP contribution < -0.4 is 0 Å². The zero-order valence-corrected chi connectivity index (χ0v) is 13.3. The Morgan fingerprint density at radius 3 is 2.57 bits per heavy atom. The van der Waals surface area contributed by atoms with E-state index in [-0.39, 0.29) is 11.4 Å². The van der Waals surface area contributed by atoms with Gasteiger partial charge in [-0.25, -0.2) is 9.97 Å². The number of aromatic nitrogens is 3. The second-order valence-electron chi connectivity index (χ2n) is 5.00. The Morgan fingerprint density at radius 2 is 1.86 bits per heavy atom. The Hall–Kier alpha value is -1.58. The second-order valence-corrected chi connectivity index (χ2v) is 6.06. The van der Waals surface area contributed by atoms with Crippen LogP contribution in [0.3, 0.4) is 0 Å². The van der Waals surface area contributed by atoms with Gasteiger partial charge in [-0.05, 0) is 37.6 Å². The van der Waals surface area contributed by atoms with Crippen LogP contribution in [0, 0.1) is 0 Å². The first-order valence-electron chi connectivity index (χ1n) is 6.81. The van der Waals surface area contributed by atoms with Crippen LogP contribution in [0.25, 0.3) is 11.2 Å². The lowest BCUT2D eigenvalue weighted by molar-refractivity contribution is 0.614. The zero-order chi connectivity index (χ0) is 15.0. The fourth-order valence-electron chi connectivity index (χ4n) is 2.56. The molecule has 5 heteroatoms. The molecule has 0 aliphatic heterocycles. The number of hydrogen-bond acceptors (Lipinski definition) is 2. The SMILES string of the molecule is CC(Cl)c1nc2cccnc2n1C(C)c1ccccc1Cl. The summed E-state index contributed by atoms with van der Waals surface area (Å²) in [5.74, 6) is 0.804. The van der Waals surface area contributed by atoms with Crippen molar-refractivity contribution in [2.75, 3.05) is 0 Å². The molecule has 21 heavy (non-hydrogen) atoms. The topological polar surface area (TPSA) is 30.7 Å². The fourth-order valence-corrected chi connectivity index (χ4v) is 3.01. The van der Waals surface area contributed by atoms with Crippen LogP contribution >= 0.6 is 23.2 Å². The van der Waals surface area contributed by atoms with E-state index in [1.807, 2.05) is 43.3 Å². The summed E-state index contributed by atoms with van der Waals surface area (Å²) < 4.78 is 2.06. The maximum atomic E-state index is 6.33. The molecule has 0 fully saturated rings. The third-order valence-electron chi connectivity index (χ3n) is 3.57. The van der Waals surface area contributed by atoms with Crippen LogP contribution in [-0.4, -0.2) is 14.5 Å². The number of rotatable bonds is 3. The molecule has 3 nitrogen and oxygen atoms in total. The van der Waals surface area contributed by atoms with Crippen LogP contribution in [0.4, 0.5) is 0 Å². The average molecular weight is 320 g/mol. The summed E-state index contributed by atoms with van der Waals surface area (Å²) in [4.78, 5) is 9.07. The quantitative estimate of drug-likeness (QED) is 0.636. The Bertz CT molecular complexity index is 780. The number of benzene rings is 1. The van der Waals surface area contributed by atoms with Crippen molar-refractivity contribution in [2.24, 2.45) is 0 Å². The standard InChI is InChI=1S/C16H15Cl2N3/c1-10(17)15-20-14-8-5-9-19-16(14)21(15)11(2)12-6-3-4-7-13(12)18/h3-11H,1-2H3. The summed E-state index contributed by atoms with van der Waals surface area (Å²) >= 11 is 12.6. The number of pyridine rings is 1. The molecule has 108 valence electrons. The summed E-state index contributed by atoms with van der Waals surface area (Å²) in [5, 5.41) is 0.528. The lowest BCUT2D eigenvalue weighted by Gasteiger charge is -2.19. The van der Waals surface area contributed by atoms with Gasteiger partial charge >= 0.3 is 0 Å². The van der Waals surface area contributed by atoms with E-state index < -0.39 is 0 Å². The molecule has 3 rings (SSSR count). The van der Waals surface area contributed by atoms with Crippen LogP contribution in [0.15, 0.2) is 42.6 Å². The van der Waals surface area contributed by atoms with Crippen LogP contribution in [0.1, 0.15) is 36.7 Å². The molecule has 0 aliphatic carbocycles. The first-order chi connectivity index (χ1) is 10.1. The third kappa shape index (κ3) is 2.52. The molecule has 1 aromatic carbocycles. The van der Waals surface area contributed by atoms with Crippen molar-refractivity contribution in [1.29, 1.82) is 0 Å². The fraction of sp³-hybridized carbons (Fsp3) is 0.250. The first-order valence-corrected chi connectivity index (χ1v) is 7.62. The Balaban J connectivity index is 2.23. The van der Waals surface area contributed by atoms with Crippen molar-refractivity contribution in [3.05, 3.63) is 59.0 Å². The van der Waals surface area contributed by atoms with Gasteiger partial charge in [0.15, 0.2) is 5.65 Å². The van der Waals surface area contributed by atoms with E-state index >= 15 is 0 Å². The number of imidazole rings is 1. The smallest absolute Gasteiger partial charge is 0.160 e. The summed E-state index contributed by atoms with van der Waals surface area (Å²) in [6.45, 7) is 4.00. The van der Waals surface area contributed by atoms with Gasteiger partial charge in [-0.2, -0.15) is 0 Å². The molecule has 2 unspecified atom stereocenters. The highest BCUT2D eigenvalue weighted by Gasteiger charge is 2.21. The largest absolute Gasteiger partial charge is 0.304 e. The molecular weight excluding hydrogens is 305 g/mol. The molecule has 0 saturated heterocycles. The Kier molecular flexibility index (Phi) is 3.87. The van der Waals surface area contributed by atoms with E-state index in [2.05, 4.69) is 21.5 Å². The van der Waals surface area contributed by atoms with Crippen LogP contribution in [0.5, 0.6) is 0 Å². The van der Waals surface area contributed by atoms with Crippen molar-refractivity contribution in [3.63, 3.8) is 0 Å². The average Bonchev–Trinajstić information content (AvgIpc) is 2.86. The van der Waals surface area contributed by atoms with E-state index in [9.17, 15) is 0 Å². The molecule has 0 aliphatic rings. The minimum absolute atomic E-state index is 0.00907. The van der Waals surface area contributed by atoms with Crippen LogP contribution in [0.2, 0.25) is 5.02 Å². The minimum atomic E-state index is -0.205. The predicted molar refractivity (Wildman–Crippen MR) is 87.1 cm³/mol. The molecule has 0 radical (unpaired) electrons. The molecule has 0 spiro atoms. The van der Waals surface area contributed by atoms with Gasteiger partial charge in [0, 0.05) is 11.2 Å². The molecular formula is C16H15Cl2N3. The molecule has 0 bridgehead atoms. The number of hydrogen-bond donors (Lipinski definition) is 0. The van der Waals surface area contributed by atoms with Gasteiger partial charge in [-0.15, -0.1) is 11.6 Å². The van der Waals surface area contributed by atoms with E-state index in [1.165, 1.54) is 0 Å². The third-order valence-corrected chi connectivity index (χ3v) is 4.11. The van der Waals surface area contributed by atoms with Crippen molar-refractivity contribution < 1.29 is 0 Å². The van der Waals surface area contributed by atoms with Gasteiger partial charge in [0.1, 0.15) is 11.3 Å². The lowest BCUT2D eigenvalue weighted by atomic mass is 10.1. The maximum Gasteiger partial charge on any atom is 0.160 e. The summed E-state index contributed by atoms with van der Waals surface area (Å²) in [6.07, 6.45) is 1.77. The normalized spacial score (nSPS) is 14.3. The van der Waals surface area contributed by atoms with Crippen molar-refractivity contribution in [3.8, 4) is 0 Å². The molecule has 2 atom stereocenters. The highest BCUT2D eigenvalue weighted by molar-refractivity contribution is 6.31.